The van der Waals surface area contributed by atoms with E-state index in [9.17, 15) is 19.5 Å². The van der Waals surface area contributed by atoms with Gasteiger partial charge in [-0.25, -0.2) is 9.78 Å². The van der Waals surface area contributed by atoms with E-state index in [1.807, 2.05) is 12.1 Å². The SMILES string of the molecule is CON=C(C(=O)N[C@@H]1C(=O)N2C(C(=O)O)=C(CSc3nnc(-c4ccc(Br)s4)o3)CS[C@@H]12)c1csc(N)n1. The van der Waals surface area contributed by atoms with Crippen LogP contribution >= 0.6 is 62.1 Å². The summed E-state index contributed by atoms with van der Waals surface area (Å²) in [6.45, 7) is 0. The number of halogens is 1. The molecule has 38 heavy (non-hydrogen) atoms. The van der Waals surface area contributed by atoms with E-state index in [1.54, 1.807) is 0 Å². The van der Waals surface area contributed by atoms with E-state index in [4.69, 9.17) is 15.0 Å². The number of hydrogen-bond acceptors (Lipinski definition) is 14. The number of aromatic nitrogens is 3. The highest BCUT2D eigenvalue weighted by Crippen LogP contribution is 2.42. The third-order valence-electron chi connectivity index (χ3n) is 5.26. The molecule has 18 heteroatoms. The van der Waals surface area contributed by atoms with E-state index in [1.165, 1.54) is 52.3 Å². The predicted molar refractivity (Wildman–Crippen MR) is 146 cm³/mol. The Hall–Kier alpha value is -2.93. The van der Waals surface area contributed by atoms with Crippen molar-refractivity contribution in [2.45, 2.75) is 16.6 Å². The van der Waals surface area contributed by atoms with Crippen molar-refractivity contribution in [2.24, 2.45) is 5.16 Å². The molecule has 5 rings (SSSR count). The number of hydrogen-bond donors (Lipinski definition) is 3. The van der Waals surface area contributed by atoms with E-state index in [2.05, 4.69) is 41.6 Å². The standard InChI is InChI=1S/C20H16BrN7O6S4/c1-33-27-11(8-6-36-19(22)23-8)14(29)24-12-16(30)28-13(18(31)32)7(4-35-17(12)28)5-37-20-26-25-15(34-20)9-2-3-10(21)38-9/h2-3,6,12,17H,4-5H2,1H3,(H2,22,23)(H,24,29)(H,31,32)/t12-,17+/m1/s1. The lowest BCUT2D eigenvalue weighted by molar-refractivity contribution is -0.150. The molecule has 13 nitrogen and oxygen atoms in total. The van der Waals surface area contributed by atoms with Crippen LogP contribution < -0.4 is 11.1 Å². The van der Waals surface area contributed by atoms with Gasteiger partial charge < -0.3 is 25.4 Å². The maximum atomic E-state index is 13.0. The monoisotopic (exact) mass is 657 g/mol. The number of oxime groups is 1. The summed E-state index contributed by atoms with van der Waals surface area (Å²) in [5, 5.41) is 25.8. The van der Waals surface area contributed by atoms with Crippen molar-refractivity contribution in [3.63, 3.8) is 0 Å². The van der Waals surface area contributed by atoms with Gasteiger partial charge in [0.1, 0.15) is 29.9 Å². The third kappa shape index (κ3) is 5.18. The molecule has 3 aromatic rings. The fraction of sp³-hybridized carbons (Fsp3) is 0.250. The molecule has 5 heterocycles. The van der Waals surface area contributed by atoms with Gasteiger partial charge in [-0.3, -0.25) is 14.5 Å². The fourth-order valence-corrected chi connectivity index (χ4v) is 7.75. The molecule has 0 saturated carbocycles. The first-order chi connectivity index (χ1) is 18.3. The second-order valence-electron chi connectivity index (χ2n) is 7.58. The highest BCUT2D eigenvalue weighted by Gasteiger charge is 2.54. The lowest BCUT2D eigenvalue weighted by atomic mass is 10.0. The number of β-lactam (4-membered cyclic amide) rings is 1. The number of fused-ring (bicyclic) bond motifs is 1. The number of thioether (sulfide) groups is 2. The second kappa shape index (κ2) is 11.0. The van der Waals surface area contributed by atoms with Gasteiger partial charge in [-0.1, -0.05) is 16.9 Å². The zero-order valence-corrected chi connectivity index (χ0v) is 24.0. The van der Waals surface area contributed by atoms with Crippen molar-refractivity contribution in [1.29, 1.82) is 0 Å². The Bertz CT molecular complexity index is 1480. The lowest BCUT2D eigenvalue weighted by Gasteiger charge is -2.49. The van der Waals surface area contributed by atoms with E-state index >= 15 is 0 Å². The highest BCUT2D eigenvalue weighted by atomic mass is 79.9. The molecule has 0 spiro atoms. The number of nitrogen functional groups attached to an aromatic ring is 1. The zero-order valence-electron chi connectivity index (χ0n) is 19.1. The number of carboxylic acid groups (broad SMARTS) is 1. The van der Waals surface area contributed by atoms with Crippen LogP contribution in [0.2, 0.25) is 0 Å². The summed E-state index contributed by atoms with van der Waals surface area (Å²) in [5.74, 6) is -1.56. The van der Waals surface area contributed by atoms with E-state index in [0.717, 1.165) is 20.0 Å². The van der Waals surface area contributed by atoms with Crippen molar-refractivity contribution in [3.8, 4) is 10.8 Å². The number of aliphatic carboxylic acids is 1. The first kappa shape index (κ1) is 26.7. The van der Waals surface area contributed by atoms with Gasteiger partial charge >= 0.3 is 5.97 Å². The van der Waals surface area contributed by atoms with Gasteiger partial charge in [-0.2, -0.15) is 0 Å². The van der Waals surface area contributed by atoms with Gasteiger partial charge in [0.15, 0.2) is 10.8 Å². The van der Waals surface area contributed by atoms with Crippen molar-refractivity contribution in [3.05, 3.63) is 38.3 Å². The van der Waals surface area contributed by atoms with Crippen LogP contribution in [0.25, 0.3) is 10.8 Å². The summed E-state index contributed by atoms with van der Waals surface area (Å²) in [4.78, 5) is 48.8. The molecule has 2 atom stereocenters. The number of nitrogens with one attached hydrogen (secondary N) is 1. The minimum absolute atomic E-state index is 0.114. The average Bonchev–Trinajstić information content (AvgIpc) is 3.64. The van der Waals surface area contributed by atoms with Crippen LogP contribution in [0.3, 0.4) is 0 Å². The predicted octanol–water partition coefficient (Wildman–Crippen LogP) is 2.48. The van der Waals surface area contributed by atoms with Crippen LogP contribution in [-0.2, 0) is 19.2 Å². The smallest absolute Gasteiger partial charge is 0.352 e. The molecule has 0 unspecified atom stereocenters. The van der Waals surface area contributed by atoms with Crippen molar-refractivity contribution >= 4 is 90.8 Å². The van der Waals surface area contributed by atoms with Gasteiger partial charge in [0.25, 0.3) is 22.9 Å². The van der Waals surface area contributed by atoms with Crippen molar-refractivity contribution < 1.29 is 28.7 Å². The molecule has 1 fully saturated rings. The maximum absolute atomic E-state index is 13.0. The number of thiophene rings is 1. The van der Waals surface area contributed by atoms with E-state index < -0.39 is 29.2 Å². The summed E-state index contributed by atoms with van der Waals surface area (Å²) in [5.41, 5.74) is 6.12. The van der Waals surface area contributed by atoms with Crippen LogP contribution in [0.5, 0.6) is 0 Å². The number of carbonyl (C=O) groups is 3. The Morgan fingerprint density at radius 2 is 2.24 bits per heavy atom. The number of amides is 2. The van der Waals surface area contributed by atoms with Crippen molar-refractivity contribution in [1.82, 2.24) is 25.4 Å². The summed E-state index contributed by atoms with van der Waals surface area (Å²) in [7, 11) is 1.27. The molecule has 4 N–H and O–H groups in total. The topological polar surface area (TPSA) is 186 Å². The first-order valence-electron chi connectivity index (χ1n) is 10.5. The largest absolute Gasteiger partial charge is 0.477 e. The van der Waals surface area contributed by atoms with Crippen LogP contribution in [-0.4, -0.2) is 78.7 Å². The number of nitrogens with two attached hydrogens (primary N) is 1. The van der Waals surface area contributed by atoms with Gasteiger partial charge in [0.05, 0.1) is 8.66 Å². The van der Waals surface area contributed by atoms with Crippen LogP contribution in [0.15, 0.2) is 47.4 Å². The Balaban J connectivity index is 1.28. The van der Waals surface area contributed by atoms with Gasteiger partial charge in [-0.15, -0.1) is 44.6 Å². The first-order valence-corrected chi connectivity index (χ1v) is 15.0. The molecular formula is C20H16BrN7O6S4. The average molecular weight is 659 g/mol. The van der Waals surface area contributed by atoms with Crippen molar-refractivity contribution in [2.75, 3.05) is 24.3 Å². The van der Waals surface area contributed by atoms with E-state index in [0.29, 0.717) is 17.2 Å². The summed E-state index contributed by atoms with van der Waals surface area (Å²) in [6.07, 6.45) is 0. The highest BCUT2D eigenvalue weighted by molar-refractivity contribution is 9.11. The quantitative estimate of drug-likeness (QED) is 0.132. The lowest BCUT2D eigenvalue weighted by Crippen LogP contribution is -2.71. The number of thiazole rings is 1. The molecule has 2 amide bonds. The number of nitrogens with zero attached hydrogens (tertiary/aromatic N) is 5. The van der Waals surface area contributed by atoms with Gasteiger partial charge in [-0.05, 0) is 33.6 Å². The molecule has 198 valence electrons. The summed E-state index contributed by atoms with van der Waals surface area (Å²) < 4.78 is 6.61. The van der Waals surface area contributed by atoms with Crippen LogP contribution in [0, 0.1) is 0 Å². The minimum atomic E-state index is -1.24. The van der Waals surface area contributed by atoms with Crippen LogP contribution in [0.1, 0.15) is 5.69 Å². The van der Waals surface area contributed by atoms with Gasteiger partial charge in [0.2, 0.25) is 0 Å². The molecule has 3 aromatic heterocycles. The Kier molecular flexibility index (Phi) is 7.75. The third-order valence-corrected chi connectivity index (χ3v) is 9.79. The fourth-order valence-electron chi connectivity index (χ4n) is 3.64. The Morgan fingerprint density at radius 3 is 2.89 bits per heavy atom. The number of carbonyl (C=O) groups excluding carboxylic acids is 2. The number of anilines is 1. The number of carboxylic acids is 1. The van der Waals surface area contributed by atoms with Crippen LogP contribution in [0.4, 0.5) is 5.13 Å². The minimum Gasteiger partial charge on any atom is -0.477 e. The molecule has 2 aliphatic rings. The Labute approximate surface area is 239 Å². The molecule has 0 aromatic carbocycles. The van der Waals surface area contributed by atoms with Gasteiger partial charge in [0, 0.05) is 16.9 Å². The normalized spacial score (nSPS) is 19.3. The van der Waals surface area contributed by atoms with E-state index in [-0.39, 0.29) is 33.2 Å². The second-order valence-corrected chi connectivity index (χ2v) is 13.0. The summed E-state index contributed by atoms with van der Waals surface area (Å²) in [6, 6.07) is 2.77. The zero-order chi connectivity index (χ0) is 27.0. The molecule has 0 aliphatic carbocycles. The summed E-state index contributed by atoms with van der Waals surface area (Å²) >= 11 is 8.48. The molecular weight excluding hydrogens is 642 g/mol. The molecule has 1 saturated heterocycles. The molecule has 2 aliphatic heterocycles. The Morgan fingerprint density at radius 1 is 1.42 bits per heavy atom. The molecule has 0 bridgehead atoms. The maximum Gasteiger partial charge on any atom is 0.352 e. The molecule has 0 radical (unpaired) electrons. The number of rotatable bonds is 9.